The summed E-state index contributed by atoms with van der Waals surface area (Å²) in [5.74, 6) is 0.586. The van der Waals surface area contributed by atoms with Gasteiger partial charge in [0.2, 0.25) is 0 Å². The van der Waals surface area contributed by atoms with Gasteiger partial charge in [0.15, 0.2) is 0 Å². The van der Waals surface area contributed by atoms with Crippen molar-refractivity contribution in [3.8, 4) is 0 Å². The first-order valence-electron chi connectivity index (χ1n) is 8.65. The van der Waals surface area contributed by atoms with Crippen molar-refractivity contribution in [2.24, 2.45) is 11.3 Å². The van der Waals surface area contributed by atoms with Crippen molar-refractivity contribution in [1.82, 2.24) is 4.90 Å². The number of hydrogen-bond acceptors (Lipinski definition) is 3. The molecule has 1 spiro atoms. The first-order valence-corrected chi connectivity index (χ1v) is 8.65. The molecule has 2 saturated heterocycles. The van der Waals surface area contributed by atoms with E-state index in [2.05, 4.69) is 35.2 Å². The zero-order chi connectivity index (χ0) is 15.3. The van der Waals surface area contributed by atoms with E-state index in [4.69, 9.17) is 9.47 Å². The highest BCUT2D eigenvalue weighted by Crippen LogP contribution is 2.44. The number of nitrogens with zero attached hydrogens (tertiary/aromatic N) is 1. The third-order valence-corrected chi connectivity index (χ3v) is 5.71. The van der Waals surface area contributed by atoms with Crippen LogP contribution in [0, 0.1) is 11.3 Å². The van der Waals surface area contributed by atoms with E-state index in [1.807, 2.05) is 7.11 Å². The van der Waals surface area contributed by atoms with E-state index >= 15 is 0 Å². The highest BCUT2D eigenvalue weighted by atomic mass is 16.5. The van der Waals surface area contributed by atoms with Crippen LogP contribution in [0.1, 0.15) is 24.8 Å². The minimum absolute atomic E-state index is 0.470. The summed E-state index contributed by atoms with van der Waals surface area (Å²) in [4.78, 5) is 2.64. The molecule has 2 aliphatic rings. The summed E-state index contributed by atoms with van der Waals surface area (Å²) in [6.45, 7) is 6.32. The lowest BCUT2D eigenvalue weighted by molar-refractivity contribution is -0.0942. The summed E-state index contributed by atoms with van der Waals surface area (Å²) in [7, 11) is 1.82. The van der Waals surface area contributed by atoms with Crippen LogP contribution in [0.3, 0.4) is 0 Å². The van der Waals surface area contributed by atoms with Gasteiger partial charge in [0.1, 0.15) is 0 Å². The average Bonchev–Trinajstić information content (AvgIpc) is 2.58. The van der Waals surface area contributed by atoms with Crippen LogP contribution < -0.4 is 0 Å². The predicted octanol–water partition coefficient (Wildman–Crippen LogP) is 2.99. The van der Waals surface area contributed by atoms with Crippen molar-refractivity contribution in [3.05, 3.63) is 35.9 Å². The molecule has 1 atom stereocenters. The molecule has 2 heterocycles. The van der Waals surface area contributed by atoms with E-state index in [1.54, 1.807) is 0 Å². The van der Waals surface area contributed by atoms with Crippen LogP contribution in [-0.4, -0.2) is 51.5 Å². The quantitative estimate of drug-likeness (QED) is 0.834. The normalized spacial score (nSPS) is 25.4. The van der Waals surface area contributed by atoms with Gasteiger partial charge in [0.05, 0.1) is 13.2 Å². The molecular weight excluding hydrogens is 274 g/mol. The van der Waals surface area contributed by atoms with Gasteiger partial charge >= 0.3 is 0 Å². The van der Waals surface area contributed by atoms with Crippen molar-refractivity contribution in [1.29, 1.82) is 0 Å². The molecule has 0 amide bonds. The second-order valence-corrected chi connectivity index (χ2v) is 6.92. The van der Waals surface area contributed by atoms with E-state index in [0.717, 1.165) is 19.8 Å². The molecule has 1 aromatic carbocycles. The van der Waals surface area contributed by atoms with Crippen molar-refractivity contribution in [2.75, 3.05) is 46.6 Å². The first kappa shape index (κ1) is 16.0. The van der Waals surface area contributed by atoms with Crippen LogP contribution in [0.2, 0.25) is 0 Å². The molecule has 0 unspecified atom stereocenters. The summed E-state index contributed by atoms with van der Waals surface area (Å²) in [5.41, 5.74) is 1.92. The maximum absolute atomic E-state index is 5.70. The van der Waals surface area contributed by atoms with Crippen LogP contribution in [-0.2, 0) is 15.9 Å². The van der Waals surface area contributed by atoms with E-state index in [0.29, 0.717) is 11.3 Å². The molecule has 0 N–H and O–H groups in total. The van der Waals surface area contributed by atoms with Crippen LogP contribution in [0.25, 0.3) is 0 Å². The minimum atomic E-state index is 0.470. The molecule has 1 aromatic rings. The fourth-order valence-corrected chi connectivity index (χ4v) is 4.12. The monoisotopic (exact) mass is 303 g/mol. The maximum atomic E-state index is 5.70. The summed E-state index contributed by atoms with van der Waals surface area (Å²) in [6.07, 6.45) is 4.99. The largest absolute Gasteiger partial charge is 0.384 e. The van der Waals surface area contributed by atoms with Gasteiger partial charge in [-0.2, -0.15) is 0 Å². The predicted molar refractivity (Wildman–Crippen MR) is 89.1 cm³/mol. The Morgan fingerprint density at radius 2 is 1.95 bits per heavy atom. The Hall–Kier alpha value is -0.900. The van der Waals surface area contributed by atoms with E-state index in [9.17, 15) is 0 Å². The second-order valence-electron chi connectivity index (χ2n) is 6.92. The first-order chi connectivity index (χ1) is 10.8. The fourth-order valence-electron chi connectivity index (χ4n) is 4.12. The third kappa shape index (κ3) is 3.70. The van der Waals surface area contributed by atoms with Crippen molar-refractivity contribution in [3.63, 3.8) is 0 Å². The number of hydrogen-bond donors (Lipinski definition) is 0. The standard InChI is InChI=1S/C19H29NO2/c1-21-15-18-16-22-14-10-19(18)8-12-20(13-9-19)11-7-17-5-3-2-4-6-17/h2-6,18H,7-16H2,1H3/t18-/m1/s1. The number of benzene rings is 1. The van der Waals surface area contributed by atoms with Crippen LogP contribution in [0.4, 0.5) is 0 Å². The molecule has 0 bridgehead atoms. The summed E-state index contributed by atoms with van der Waals surface area (Å²) in [6, 6.07) is 10.8. The van der Waals surface area contributed by atoms with Crippen LogP contribution >= 0.6 is 0 Å². The van der Waals surface area contributed by atoms with Gasteiger partial charge in [-0.05, 0) is 49.8 Å². The van der Waals surface area contributed by atoms with Gasteiger partial charge in [0.25, 0.3) is 0 Å². The Balaban J connectivity index is 1.50. The highest BCUT2D eigenvalue weighted by molar-refractivity contribution is 5.14. The Morgan fingerprint density at radius 3 is 2.68 bits per heavy atom. The number of methoxy groups -OCH3 is 1. The lowest BCUT2D eigenvalue weighted by atomic mass is 9.66. The number of likely N-dealkylation sites (tertiary alicyclic amines) is 1. The smallest absolute Gasteiger partial charge is 0.0521 e. The summed E-state index contributed by atoms with van der Waals surface area (Å²) in [5, 5.41) is 0. The number of piperidine rings is 1. The van der Waals surface area contributed by atoms with E-state index in [-0.39, 0.29) is 0 Å². The van der Waals surface area contributed by atoms with Gasteiger partial charge in [-0.1, -0.05) is 30.3 Å². The van der Waals surface area contributed by atoms with Gasteiger partial charge < -0.3 is 14.4 Å². The SMILES string of the molecule is COC[C@@H]1COCCC12CCN(CCc1ccccc1)CC2. The molecule has 2 aliphatic heterocycles. The van der Waals surface area contributed by atoms with Crippen molar-refractivity contribution in [2.45, 2.75) is 25.7 Å². The van der Waals surface area contributed by atoms with Crippen LogP contribution in [0.5, 0.6) is 0 Å². The summed E-state index contributed by atoms with van der Waals surface area (Å²) < 4.78 is 11.1. The second kappa shape index (κ2) is 7.58. The Labute approximate surface area is 134 Å². The van der Waals surface area contributed by atoms with Gasteiger partial charge in [-0.3, -0.25) is 0 Å². The maximum Gasteiger partial charge on any atom is 0.0521 e. The molecule has 0 aromatic heterocycles. The molecule has 22 heavy (non-hydrogen) atoms. The Morgan fingerprint density at radius 1 is 1.18 bits per heavy atom. The number of rotatable bonds is 5. The fraction of sp³-hybridized carbons (Fsp3) is 0.684. The zero-order valence-electron chi connectivity index (χ0n) is 13.8. The van der Waals surface area contributed by atoms with Gasteiger partial charge in [-0.15, -0.1) is 0 Å². The van der Waals surface area contributed by atoms with Gasteiger partial charge in [0, 0.05) is 26.2 Å². The van der Waals surface area contributed by atoms with Crippen LogP contribution in [0.15, 0.2) is 30.3 Å². The molecule has 0 aliphatic carbocycles. The highest BCUT2D eigenvalue weighted by Gasteiger charge is 2.43. The van der Waals surface area contributed by atoms with Gasteiger partial charge in [-0.25, -0.2) is 0 Å². The lowest BCUT2D eigenvalue weighted by Crippen LogP contribution is -2.49. The zero-order valence-corrected chi connectivity index (χ0v) is 13.8. The van der Waals surface area contributed by atoms with Crippen molar-refractivity contribution >= 4 is 0 Å². The molecular formula is C19H29NO2. The molecule has 3 heteroatoms. The van der Waals surface area contributed by atoms with E-state index < -0.39 is 0 Å². The number of ether oxygens (including phenoxy) is 2. The Bertz CT molecular complexity index is 438. The molecule has 3 nitrogen and oxygen atoms in total. The molecule has 3 rings (SSSR count). The molecule has 0 saturated carbocycles. The topological polar surface area (TPSA) is 21.7 Å². The minimum Gasteiger partial charge on any atom is -0.384 e. The summed E-state index contributed by atoms with van der Waals surface area (Å²) >= 11 is 0. The third-order valence-electron chi connectivity index (χ3n) is 5.71. The molecule has 2 fully saturated rings. The Kier molecular flexibility index (Phi) is 5.51. The lowest BCUT2D eigenvalue weighted by Gasteiger charge is -2.49. The van der Waals surface area contributed by atoms with E-state index in [1.165, 1.54) is 50.9 Å². The average molecular weight is 303 g/mol. The van der Waals surface area contributed by atoms with Crippen molar-refractivity contribution < 1.29 is 9.47 Å². The molecule has 122 valence electrons. The molecule has 0 radical (unpaired) electrons.